The van der Waals surface area contributed by atoms with Crippen LogP contribution in [-0.2, 0) is 4.79 Å². The van der Waals surface area contributed by atoms with Gasteiger partial charge in [0.15, 0.2) is 5.78 Å². The Kier molecular flexibility index (Phi) is 2.52. The number of aliphatic hydroxyl groups excluding tert-OH is 1. The van der Waals surface area contributed by atoms with Gasteiger partial charge in [0.25, 0.3) is 6.36 Å². The molecule has 0 aromatic heterocycles. The molecule has 0 saturated carbocycles. The van der Waals surface area contributed by atoms with E-state index in [1.54, 1.807) is 0 Å². The third kappa shape index (κ3) is 2.28. The minimum absolute atomic E-state index is 0.0532. The van der Waals surface area contributed by atoms with Crippen LogP contribution >= 0.6 is 0 Å². The largest absolute Gasteiger partial charge is 0.358 e. The standard InChI is InChI=1S/C4H7FO2/c1-2-3(6)4(5)7/h4,7H,2H2,1H3. The number of halogens is 1. The summed E-state index contributed by atoms with van der Waals surface area (Å²) in [6.45, 7) is 1.49. The zero-order valence-electron chi connectivity index (χ0n) is 4.02. The molecule has 0 saturated heterocycles. The van der Waals surface area contributed by atoms with Gasteiger partial charge >= 0.3 is 0 Å². The molecule has 7 heavy (non-hydrogen) atoms. The molecular weight excluding hydrogens is 99.0 g/mol. The zero-order chi connectivity index (χ0) is 5.86. The zero-order valence-corrected chi connectivity index (χ0v) is 4.02. The Labute approximate surface area is 41.0 Å². The maximum atomic E-state index is 11.3. The van der Waals surface area contributed by atoms with Gasteiger partial charge in [-0.1, -0.05) is 6.92 Å². The molecule has 0 aromatic rings. The summed E-state index contributed by atoms with van der Waals surface area (Å²) in [5, 5.41) is 7.80. The van der Waals surface area contributed by atoms with Crippen molar-refractivity contribution in [2.75, 3.05) is 0 Å². The van der Waals surface area contributed by atoms with Gasteiger partial charge in [0.1, 0.15) is 0 Å². The van der Waals surface area contributed by atoms with Crippen molar-refractivity contribution in [2.45, 2.75) is 19.7 Å². The Balaban J connectivity index is 3.35. The number of alkyl halides is 1. The second-order valence-electron chi connectivity index (χ2n) is 1.16. The average Bonchev–Trinajstić information content (AvgIpc) is 1.65. The van der Waals surface area contributed by atoms with Gasteiger partial charge in [0, 0.05) is 6.42 Å². The molecule has 0 aromatic carbocycles. The van der Waals surface area contributed by atoms with Crippen molar-refractivity contribution < 1.29 is 14.3 Å². The second kappa shape index (κ2) is 2.69. The highest BCUT2D eigenvalue weighted by atomic mass is 19.1. The predicted molar refractivity (Wildman–Crippen MR) is 22.4 cm³/mol. The fraction of sp³-hybridized carbons (Fsp3) is 0.750. The SMILES string of the molecule is CCC(=O)C(O)F. The van der Waals surface area contributed by atoms with Crippen LogP contribution in [0.1, 0.15) is 13.3 Å². The highest BCUT2D eigenvalue weighted by Crippen LogP contribution is 1.89. The summed E-state index contributed by atoms with van der Waals surface area (Å²) in [5.74, 6) is -0.764. The third-order valence-electron chi connectivity index (χ3n) is 0.614. The Morgan fingerprint density at radius 1 is 2.00 bits per heavy atom. The number of Topliss-reactive ketones (excluding diaryl/α,β-unsaturated/α-hetero) is 1. The molecule has 3 heteroatoms. The number of aliphatic hydroxyl groups is 1. The van der Waals surface area contributed by atoms with Gasteiger partial charge in [-0.25, -0.2) is 4.39 Å². The van der Waals surface area contributed by atoms with Crippen molar-refractivity contribution in [3.63, 3.8) is 0 Å². The van der Waals surface area contributed by atoms with Gasteiger partial charge < -0.3 is 5.11 Å². The van der Waals surface area contributed by atoms with Crippen LogP contribution in [0.3, 0.4) is 0 Å². The summed E-state index contributed by atoms with van der Waals surface area (Å²) in [6, 6.07) is 0. The van der Waals surface area contributed by atoms with Crippen molar-refractivity contribution >= 4 is 5.78 Å². The summed E-state index contributed by atoms with van der Waals surface area (Å²) in [4.78, 5) is 9.89. The summed E-state index contributed by atoms with van der Waals surface area (Å²) in [7, 11) is 0. The van der Waals surface area contributed by atoms with Crippen molar-refractivity contribution in [1.29, 1.82) is 0 Å². The van der Waals surface area contributed by atoms with E-state index in [1.807, 2.05) is 0 Å². The molecule has 0 radical (unpaired) electrons. The molecule has 2 nitrogen and oxygen atoms in total. The fourth-order valence-electron chi connectivity index (χ4n) is 0.168. The number of rotatable bonds is 2. The quantitative estimate of drug-likeness (QED) is 0.548. The summed E-state index contributed by atoms with van der Waals surface area (Å²) in [5.41, 5.74) is 0. The lowest BCUT2D eigenvalue weighted by Gasteiger charge is -1.91. The molecule has 0 heterocycles. The van der Waals surface area contributed by atoms with E-state index in [4.69, 9.17) is 5.11 Å². The molecule has 0 aliphatic carbocycles. The molecule has 0 aliphatic rings. The first-order chi connectivity index (χ1) is 3.18. The van der Waals surface area contributed by atoms with Gasteiger partial charge in [-0.2, -0.15) is 0 Å². The van der Waals surface area contributed by atoms with Crippen LogP contribution < -0.4 is 0 Å². The molecule has 0 rings (SSSR count). The lowest BCUT2D eigenvalue weighted by molar-refractivity contribution is -0.135. The van der Waals surface area contributed by atoms with E-state index in [1.165, 1.54) is 6.92 Å². The van der Waals surface area contributed by atoms with Crippen LogP contribution in [0.4, 0.5) is 4.39 Å². The number of carbonyl (C=O) groups is 1. The van der Waals surface area contributed by atoms with Crippen LogP contribution in [0.5, 0.6) is 0 Å². The maximum Gasteiger partial charge on any atom is 0.255 e. The second-order valence-corrected chi connectivity index (χ2v) is 1.16. The van der Waals surface area contributed by atoms with Crippen molar-refractivity contribution in [3.05, 3.63) is 0 Å². The van der Waals surface area contributed by atoms with Crippen molar-refractivity contribution in [3.8, 4) is 0 Å². The molecular formula is C4H7FO2. The topological polar surface area (TPSA) is 37.3 Å². The number of carbonyl (C=O) groups excluding carboxylic acids is 1. The maximum absolute atomic E-state index is 11.3. The summed E-state index contributed by atoms with van der Waals surface area (Å²) >= 11 is 0. The first-order valence-electron chi connectivity index (χ1n) is 2.03. The predicted octanol–water partition coefficient (Wildman–Crippen LogP) is 0.253. The van der Waals surface area contributed by atoms with E-state index in [-0.39, 0.29) is 6.42 Å². The Morgan fingerprint density at radius 2 is 2.43 bits per heavy atom. The molecule has 0 aliphatic heterocycles. The molecule has 1 atom stereocenters. The van der Waals surface area contributed by atoms with Crippen LogP contribution in [0.15, 0.2) is 0 Å². The molecule has 0 bridgehead atoms. The van der Waals surface area contributed by atoms with Gasteiger partial charge in [0.05, 0.1) is 0 Å². The number of ketones is 1. The lowest BCUT2D eigenvalue weighted by Crippen LogP contribution is -2.11. The molecule has 0 fully saturated rings. The number of hydrogen-bond donors (Lipinski definition) is 1. The normalized spacial score (nSPS) is 13.6. The molecule has 0 amide bonds. The van der Waals surface area contributed by atoms with Crippen LogP contribution in [0.25, 0.3) is 0 Å². The molecule has 0 spiro atoms. The first-order valence-corrected chi connectivity index (χ1v) is 2.03. The van der Waals surface area contributed by atoms with E-state index in [9.17, 15) is 9.18 Å². The molecule has 1 unspecified atom stereocenters. The molecule has 42 valence electrons. The average molecular weight is 106 g/mol. The lowest BCUT2D eigenvalue weighted by atomic mass is 10.3. The van der Waals surface area contributed by atoms with E-state index >= 15 is 0 Å². The van der Waals surface area contributed by atoms with Crippen molar-refractivity contribution in [1.82, 2.24) is 0 Å². The van der Waals surface area contributed by atoms with E-state index in [0.717, 1.165) is 0 Å². The van der Waals surface area contributed by atoms with Crippen LogP contribution in [-0.4, -0.2) is 17.2 Å². The van der Waals surface area contributed by atoms with E-state index in [2.05, 4.69) is 0 Å². The summed E-state index contributed by atoms with van der Waals surface area (Å²) < 4.78 is 11.3. The van der Waals surface area contributed by atoms with E-state index < -0.39 is 12.1 Å². The minimum atomic E-state index is -2.27. The Hall–Kier alpha value is -0.440. The minimum Gasteiger partial charge on any atom is -0.358 e. The monoisotopic (exact) mass is 106 g/mol. The Bertz CT molecular complexity index is 70.1. The van der Waals surface area contributed by atoms with Gasteiger partial charge in [-0.15, -0.1) is 0 Å². The number of hydrogen-bond acceptors (Lipinski definition) is 2. The Morgan fingerprint density at radius 3 is 2.43 bits per heavy atom. The molecule has 1 N–H and O–H groups in total. The smallest absolute Gasteiger partial charge is 0.255 e. The van der Waals surface area contributed by atoms with Gasteiger partial charge in [-0.05, 0) is 0 Å². The van der Waals surface area contributed by atoms with Gasteiger partial charge in [0.2, 0.25) is 0 Å². The highest BCUT2D eigenvalue weighted by molar-refractivity contribution is 5.80. The first kappa shape index (κ1) is 6.56. The summed E-state index contributed by atoms with van der Waals surface area (Å²) in [6.07, 6.45) is -2.22. The van der Waals surface area contributed by atoms with Crippen molar-refractivity contribution in [2.24, 2.45) is 0 Å². The van der Waals surface area contributed by atoms with Crippen LogP contribution in [0, 0.1) is 0 Å². The van der Waals surface area contributed by atoms with Gasteiger partial charge in [-0.3, -0.25) is 4.79 Å². The highest BCUT2D eigenvalue weighted by Gasteiger charge is 2.07. The third-order valence-corrected chi connectivity index (χ3v) is 0.614. The van der Waals surface area contributed by atoms with E-state index in [0.29, 0.717) is 0 Å². The fourth-order valence-corrected chi connectivity index (χ4v) is 0.168. The van der Waals surface area contributed by atoms with Crippen LogP contribution in [0.2, 0.25) is 0 Å².